The standard InChI is InChI=1S/C16H15N3O7/c17-10-4-2-1-3-9(10)16(23)26-14-8(7-11(18)15(21)22)5-6-12(20)13(14)19(24)25/h1-6,11,20H,7,17-18H2,(H,21,22). The molecule has 2 aromatic carbocycles. The van der Waals surface area contributed by atoms with Crippen LogP contribution in [-0.4, -0.2) is 33.1 Å². The number of anilines is 1. The lowest BCUT2D eigenvalue weighted by Crippen LogP contribution is -2.32. The first-order valence-electron chi connectivity index (χ1n) is 7.26. The molecule has 1 atom stereocenters. The van der Waals surface area contributed by atoms with Crippen LogP contribution in [0.5, 0.6) is 11.5 Å². The summed E-state index contributed by atoms with van der Waals surface area (Å²) in [5.74, 6) is -3.67. The molecule has 0 heterocycles. The van der Waals surface area contributed by atoms with E-state index >= 15 is 0 Å². The van der Waals surface area contributed by atoms with Crippen LogP contribution in [0.25, 0.3) is 0 Å². The SMILES string of the molecule is Nc1ccccc1C(=O)Oc1c(CC(N)C(=O)O)ccc(O)c1[N+](=O)[O-]. The summed E-state index contributed by atoms with van der Waals surface area (Å²) >= 11 is 0. The van der Waals surface area contributed by atoms with Gasteiger partial charge >= 0.3 is 17.6 Å². The number of hydrogen-bond acceptors (Lipinski definition) is 8. The van der Waals surface area contributed by atoms with E-state index in [2.05, 4.69) is 0 Å². The van der Waals surface area contributed by atoms with Crippen molar-refractivity contribution in [2.45, 2.75) is 12.5 Å². The Kier molecular flexibility index (Phi) is 5.38. The van der Waals surface area contributed by atoms with Crippen molar-refractivity contribution in [2.75, 3.05) is 5.73 Å². The predicted octanol–water partition coefficient (Wildman–Crippen LogP) is 1.06. The summed E-state index contributed by atoms with van der Waals surface area (Å²) in [7, 11) is 0. The molecular weight excluding hydrogens is 346 g/mol. The fourth-order valence-corrected chi connectivity index (χ4v) is 2.21. The molecule has 2 rings (SSSR count). The first-order chi connectivity index (χ1) is 12.2. The number of nitrogen functional groups attached to an aromatic ring is 1. The molecular formula is C16H15N3O7. The third kappa shape index (κ3) is 3.87. The summed E-state index contributed by atoms with van der Waals surface area (Å²) in [4.78, 5) is 33.6. The minimum atomic E-state index is -1.39. The van der Waals surface area contributed by atoms with Crippen molar-refractivity contribution in [1.29, 1.82) is 0 Å². The van der Waals surface area contributed by atoms with E-state index in [0.717, 1.165) is 6.07 Å². The zero-order valence-corrected chi connectivity index (χ0v) is 13.3. The van der Waals surface area contributed by atoms with Gasteiger partial charge in [0, 0.05) is 17.7 Å². The van der Waals surface area contributed by atoms with Crippen molar-refractivity contribution >= 4 is 23.3 Å². The number of carbonyl (C=O) groups excluding carboxylic acids is 1. The molecule has 0 fully saturated rings. The average Bonchev–Trinajstić information content (AvgIpc) is 2.57. The molecule has 0 aromatic heterocycles. The molecule has 26 heavy (non-hydrogen) atoms. The van der Waals surface area contributed by atoms with Gasteiger partial charge in [0.1, 0.15) is 6.04 Å². The number of nitro groups is 1. The molecule has 0 bridgehead atoms. The van der Waals surface area contributed by atoms with Gasteiger partial charge in [0.15, 0.2) is 5.75 Å². The van der Waals surface area contributed by atoms with Gasteiger partial charge in [-0.15, -0.1) is 0 Å². The van der Waals surface area contributed by atoms with Gasteiger partial charge < -0.3 is 26.4 Å². The lowest BCUT2D eigenvalue weighted by molar-refractivity contribution is -0.386. The summed E-state index contributed by atoms with van der Waals surface area (Å²) in [6.07, 6.45) is -0.358. The number of aliphatic carboxylic acids is 1. The van der Waals surface area contributed by atoms with Crippen molar-refractivity contribution in [1.82, 2.24) is 0 Å². The number of nitrogens with zero attached hydrogens (tertiary/aromatic N) is 1. The second kappa shape index (κ2) is 7.49. The average molecular weight is 361 g/mol. The Bertz CT molecular complexity index is 882. The highest BCUT2D eigenvalue weighted by Gasteiger charge is 2.29. The smallest absolute Gasteiger partial charge is 0.353 e. The quantitative estimate of drug-likeness (QED) is 0.192. The highest BCUT2D eigenvalue weighted by Crippen LogP contribution is 2.40. The number of rotatable bonds is 6. The molecule has 10 nitrogen and oxygen atoms in total. The summed E-state index contributed by atoms with van der Waals surface area (Å²) in [5.41, 5.74) is 10.3. The molecule has 2 aromatic rings. The largest absolute Gasteiger partial charge is 0.502 e. The second-order valence-corrected chi connectivity index (χ2v) is 5.30. The molecule has 0 aliphatic heterocycles. The molecule has 0 aliphatic rings. The van der Waals surface area contributed by atoms with E-state index in [1.54, 1.807) is 6.07 Å². The number of nitro benzene ring substituents is 1. The molecule has 136 valence electrons. The third-order valence-corrected chi connectivity index (χ3v) is 3.51. The Hall–Kier alpha value is -3.66. The zero-order chi connectivity index (χ0) is 19.4. The lowest BCUT2D eigenvalue weighted by Gasteiger charge is -2.13. The van der Waals surface area contributed by atoms with Crippen LogP contribution in [0.2, 0.25) is 0 Å². The number of ether oxygens (including phenoxy) is 1. The Morgan fingerprint density at radius 3 is 2.46 bits per heavy atom. The van der Waals surface area contributed by atoms with Crippen LogP contribution in [0.3, 0.4) is 0 Å². The van der Waals surface area contributed by atoms with Gasteiger partial charge in [-0.05, 0) is 18.2 Å². The van der Waals surface area contributed by atoms with Crippen molar-refractivity contribution in [3.8, 4) is 11.5 Å². The number of phenolic OH excluding ortho intramolecular Hbond substituents is 1. The van der Waals surface area contributed by atoms with Crippen molar-refractivity contribution in [3.63, 3.8) is 0 Å². The van der Waals surface area contributed by atoms with Crippen LogP contribution >= 0.6 is 0 Å². The maximum Gasteiger partial charge on any atom is 0.353 e. The van der Waals surface area contributed by atoms with E-state index in [-0.39, 0.29) is 23.2 Å². The highest BCUT2D eigenvalue weighted by atomic mass is 16.6. The Morgan fingerprint density at radius 1 is 1.23 bits per heavy atom. The lowest BCUT2D eigenvalue weighted by atomic mass is 10.0. The summed E-state index contributed by atoms with van der Waals surface area (Å²) in [6.45, 7) is 0. The van der Waals surface area contributed by atoms with Crippen LogP contribution in [0.1, 0.15) is 15.9 Å². The van der Waals surface area contributed by atoms with E-state index in [1.807, 2.05) is 0 Å². The number of benzene rings is 2. The number of nitrogens with two attached hydrogens (primary N) is 2. The fraction of sp³-hybridized carbons (Fsp3) is 0.125. The molecule has 0 spiro atoms. The normalized spacial score (nSPS) is 11.6. The zero-order valence-electron chi connectivity index (χ0n) is 13.3. The van der Waals surface area contributed by atoms with Crippen LogP contribution in [0, 0.1) is 10.1 Å². The molecule has 10 heteroatoms. The molecule has 0 radical (unpaired) electrons. The van der Waals surface area contributed by atoms with Crippen LogP contribution in [0.4, 0.5) is 11.4 Å². The summed E-state index contributed by atoms with van der Waals surface area (Å²) < 4.78 is 5.10. The summed E-state index contributed by atoms with van der Waals surface area (Å²) in [6, 6.07) is 6.70. The van der Waals surface area contributed by atoms with E-state index in [9.17, 15) is 24.8 Å². The minimum Gasteiger partial charge on any atom is -0.502 e. The van der Waals surface area contributed by atoms with Crippen LogP contribution in [-0.2, 0) is 11.2 Å². The Morgan fingerprint density at radius 2 is 1.88 bits per heavy atom. The van der Waals surface area contributed by atoms with Crippen LogP contribution < -0.4 is 16.2 Å². The first kappa shape index (κ1) is 18.7. The minimum absolute atomic E-state index is 0.0211. The van der Waals surface area contributed by atoms with Crippen LogP contribution in [0.15, 0.2) is 36.4 Å². The maximum absolute atomic E-state index is 12.3. The van der Waals surface area contributed by atoms with Crippen molar-refractivity contribution in [2.24, 2.45) is 5.73 Å². The van der Waals surface area contributed by atoms with Gasteiger partial charge in [-0.1, -0.05) is 18.2 Å². The van der Waals surface area contributed by atoms with Gasteiger partial charge in [-0.2, -0.15) is 0 Å². The number of carboxylic acids is 1. The predicted molar refractivity (Wildman–Crippen MR) is 89.9 cm³/mol. The number of para-hydroxylation sites is 1. The number of aromatic hydroxyl groups is 1. The maximum atomic E-state index is 12.3. The molecule has 1 unspecified atom stereocenters. The Labute approximate surface area is 146 Å². The van der Waals surface area contributed by atoms with Gasteiger partial charge in [-0.25, -0.2) is 4.79 Å². The van der Waals surface area contributed by atoms with E-state index < -0.39 is 40.1 Å². The van der Waals surface area contributed by atoms with Gasteiger partial charge in [-0.3, -0.25) is 14.9 Å². The molecule has 0 saturated heterocycles. The topological polar surface area (TPSA) is 179 Å². The third-order valence-electron chi connectivity index (χ3n) is 3.51. The fourth-order valence-electron chi connectivity index (χ4n) is 2.21. The Balaban J connectivity index is 2.51. The van der Waals surface area contributed by atoms with Gasteiger partial charge in [0.25, 0.3) is 0 Å². The first-order valence-corrected chi connectivity index (χ1v) is 7.26. The van der Waals surface area contributed by atoms with E-state index in [0.29, 0.717) is 0 Å². The molecule has 0 saturated carbocycles. The number of carbonyl (C=O) groups is 2. The molecule has 0 aliphatic carbocycles. The van der Waals surface area contributed by atoms with Crippen molar-refractivity contribution < 1.29 is 29.5 Å². The number of hydrogen-bond donors (Lipinski definition) is 4. The van der Waals surface area contributed by atoms with Gasteiger partial charge in [0.2, 0.25) is 5.75 Å². The van der Waals surface area contributed by atoms with E-state index in [4.69, 9.17) is 21.3 Å². The van der Waals surface area contributed by atoms with E-state index in [1.165, 1.54) is 24.3 Å². The molecule has 0 amide bonds. The summed E-state index contributed by atoms with van der Waals surface area (Å²) in [5, 5.41) is 30.0. The number of esters is 1. The highest BCUT2D eigenvalue weighted by molar-refractivity contribution is 5.97. The number of phenols is 1. The van der Waals surface area contributed by atoms with Gasteiger partial charge in [0.05, 0.1) is 10.5 Å². The molecule has 6 N–H and O–H groups in total. The monoisotopic (exact) mass is 361 g/mol. The second-order valence-electron chi connectivity index (χ2n) is 5.30. The van der Waals surface area contributed by atoms with Crippen molar-refractivity contribution in [3.05, 3.63) is 57.6 Å². The number of carboxylic acid groups (broad SMARTS) is 1.